The van der Waals surface area contributed by atoms with Gasteiger partial charge in [0.2, 0.25) is 10.0 Å². The molecular weight excluding hydrogens is 274 g/mol. The predicted molar refractivity (Wildman–Crippen MR) is 69.0 cm³/mol. The molecule has 1 aromatic carbocycles. The molecule has 106 valence electrons. The number of aliphatic hydroxyl groups excluding tert-OH is 1. The second-order valence-electron chi connectivity index (χ2n) is 4.04. The molecule has 1 rings (SSSR count). The smallest absolute Gasteiger partial charge is 0.291 e. The van der Waals surface area contributed by atoms with Crippen LogP contribution in [0.4, 0.5) is 11.4 Å². The van der Waals surface area contributed by atoms with E-state index >= 15 is 0 Å². The minimum atomic E-state index is -4.07. The van der Waals surface area contributed by atoms with Crippen molar-refractivity contribution in [3.05, 3.63) is 28.3 Å². The largest absolute Gasteiger partial charge is 0.399 e. The van der Waals surface area contributed by atoms with Crippen molar-refractivity contribution >= 4 is 21.4 Å². The van der Waals surface area contributed by atoms with E-state index in [-0.39, 0.29) is 5.69 Å². The monoisotopic (exact) mass is 289 g/mol. The lowest BCUT2D eigenvalue weighted by Crippen LogP contribution is -2.37. The molecule has 0 heterocycles. The standard InChI is InChI=1S/C10H15N3O5S/c1-7(6-14)12(2)19(17,18)10-4-3-8(11)5-9(10)13(15)16/h3-5,7,14H,6,11H2,1-2H3. The molecule has 0 bridgehead atoms. The molecule has 0 aliphatic heterocycles. The van der Waals surface area contributed by atoms with E-state index in [9.17, 15) is 18.5 Å². The summed E-state index contributed by atoms with van der Waals surface area (Å²) in [5, 5.41) is 19.9. The minimum Gasteiger partial charge on any atom is -0.399 e. The summed E-state index contributed by atoms with van der Waals surface area (Å²) < 4.78 is 25.4. The molecule has 0 saturated heterocycles. The van der Waals surface area contributed by atoms with Crippen molar-refractivity contribution < 1.29 is 18.4 Å². The molecule has 0 saturated carbocycles. The molecule has 0 fully saturated rings. The van der Waals surface area contributed by atoms with E-state index in [1.807, 2.05) is 0 Å². The number of nitro groups is 1. The van der Waals surface area contributed by atoms with Gasteiger partial charge >= 0.3 is 0 Å². The average Bonchev–Trinajstić information content (AvgIpc) is 2.36. The zero-order valence-electron chi connectivity index (χ0n) is 10.5. The number of nitrogens with two attached hydrogens (primary N) is 1. The van der Waals surface area contributed by atoms with Crippen LogP contribution in [0.5, 0.6) is 0 Å². The Kier molecular flexibility index (Phi) is 4.45. The quantitative estimate of drug-likeness (QED) is 0.452. The van der Waals surface area contributed by atoms with Gasteiger partial charge in [-0.05, 0) is 19.1 Å². The third-order valence-corrected chi connectivity index (χ3v) is 4.74. The molecule has 19 heavy (non-hydrogen) atoms. The van der Waals surface area contributed by atoms with Crippen molar-refractivity contribution in [2.75, 3.05) is 19.4 Å². The van der Waals surface area contributed by atoms with Crippen molar-refractivity contribution in [2.45, 2.75) is 17.9 Å². The highest BCUT2D eigenvalue weighted by atomic mass is 32.2. The van der Waals surface area contributed by atoms with Gasteiger partial charge in [-0.15, -0.1) is 0 Å². The van der Waals surface area contributed by atoms with Crippen molar-refractivity contribution in [1.82, 2.24) is 4.31 Å². The van der Waals surface area contributed by atoms with Crippen molar-refractivity contribution in [3.63, 3.8) is 0 Å². The molecular formula is C10H15N3O5S. The second kappa shape index (κ2) is 5.51. The molecule has 9 heteroatoms. The zero-order valence-corrected chi connectivity index (χ0v) is 11.3. The molecule has 1 unspecified atom stereocenters. The Bertz CT molecular complexity index is 587. The number of benzene rings is 1. The molecule has 1 aromatic rings. The molecule has 8 nitrogen and oxygen atoms in total. The van der Waals surface area contributed by atoms with Crippen LogP contribution in [-0.4, -0.2) is 42.4 Å². The maximum atomic E-state index is 12.2. The van der Waals surface area contributed by atoms with E-state index < -0.39 is 38.2 Å². The molecule has 3 N–H and O–H groups in total. The summed E-state index contributed by atoms with van der Waals surface area (Å²) in [6, 6.07) is 2.66. The van der Waals surface area contributed by atoms with Crippen LogP contribution in [0.1, 0.15) is 6.92 Å². The van der Waals surface area contributed by atoms with Crippen LogP contribution in [0, 0.1) is 10.1 Å². The normalized spacial score (nSPS) is 13.5. The van der Waals surface area contributed by atoms with E-state index in [4.69, 9.17) is 10.8 Å². The Morgan fingerprint density at radius 2 is 2.11 bits per heavy atom. The summed E-state index contributed by atoms with van der Waals surface area (Å²) in [5.41, 5.74) is 4.93. The number of sulfonamides is 1. The van der Waals surface area contributed by atoms with Gasteiger partial charge in [-0.1, -0.05) is 0 Å². The van der Waals surface area contributed by atoms with E-state index in [0.29, 0.717) is 0 Å². The van der Waals surface area contributed by atoms with Gasteiger partial charge in [-0.25, -0.2) is 8.42 Å². The SMILES string of the molecule is CC(CO)N(C)S(=O)(=O)c1ccc(N)cc1[N+](=O)[O-]. The van der Waals surface area contributed by atoms with Crippen molar-refractivity contribution in [3.8, 4) is 0 Å². The van der Waals surface area contributed by atoms with Gasteiger partial charge in [0.15, 0.2) is 4.90 Å². The highest BCUT2D eigenvalue weighted by molar-refractivity contribution is 7.89. The minimum absolute atomic E-state index is 0.100. The Labute approximate surface area is 110 Å². The van der Waals surface area contributed by atoms with Gasteiger partial charge in [-0.3, -0.25) is 10.1 Å². The summed E-state index contributed by atoms with van der Waals surface area (Å²) in [6.45, 7) is 1.10. The summed E-state index contributed by atoms with van der Waals surface area (Å²) in [5.74, 6) is 0. The molecule has 0 aliphatic rings. The van der Waals surface area contributed by atoms with Gasteiger partial charge in [-0.2, -0.15) is 4.31 Å². The second-order valence-corrected chi connectivity index (χ2v) is 6.00. The van der Waals surface area contributed by atoms with Gasteiger partial charge in [0.1, 0.15) is 0 Å². The Hall–Kier alpha value is -1.71. The van der Waals surface area contributed by atoms with E-state index in [0.717, 1.165) is 16.4 Å². The number of hydrogen-bond donors (Lipinski definition) is 2. The number of nitrogens with zero attached hydrogens (tertiary/aromatic N) is 2. The third kappa shape index (κ3) is 3.00. The zero-order chi connectivity index (χ0) is 14.8. The van der Waals surface area contributed by atoms with Crippen molar-refractivity contribution in [2.24, 2.45) is 0 Å². The lowest BCUT2D eigenvalue weighted by molar-refractivity contribution is -0.387. The molecule has 0 spiro atoms. The first-order chi connectivity index (χ1) is 8.71. The first kappa shape index (κ1) is 15.3. The molecule has 0 aromatic heterocycles. The molecule has 0 radical (unpaired) electrons. The maximum absolute atomic E-state index is 12.2. The fourth-order valence-corrected chi connectivity index (χ4v) is 2.89. The first-order valence-electron chi connectivity index (χ1n) is 5.34. The van der Waals surface area contributed by atoms with Crippen LogP contribution in [0.25, 0.3) is 0 Å². The summed E-state index contributed by atoms with van der Waals surface area (Å²) >= 11 is 0. The number of aliphatic hydroxyl groups is 1. The molecule has 0 amide bonds. The van der Waals surface area contributed by atoms with E-state index in [1.54, 1.807) is 0 Å². The Morgan fingerprint density at radius 3 is 2.58 bits per heavy atom. The van der Waals surface area contributed by atoms with Gasteiger partial charge in [0.25, 0.3) is 5.69 Å². The van der Waals surface area contributed by atoms with Crippen LogP contribution in [0.15, 0.2) is 23.1 Å². The topological polar surface area (TPSA) is 127 Å². The van der Waals surface area contributed by atoms with Crippen LogP contribution in [-0.2, 0) is 10.0 Å². The van der Waals surface area contributed by atoms with Crippen LogP contribution in [0.3, 0.4) is 0 Å². The van der Waals surface area contributed by atoms with Crippen LogP contribution >= 0.6 is 0 Å². The third-order valence-electron chi connectivity index (χ3n) is 2.72. The van der Waals surface area contributed by atoms with Crippen molar-refractivity contribution in [1.29, 1.82) is 0 Å². The lowest BCUT2D eigenvalue weighted by atomic mass is 10.3. The predicted octanol–water partition coefficient (Wildman–Crippen LogP) is 0.178. The molecule has 0 aliphatic carbocycles. The Morgan fingerprint density at radius 1 is 1.53 bits per heavy atom. The molecule has 1 atom stereocenters. The average molecular weight is 289 g/mol. The fourth-order valence-electron chi connectivity index (χ4n) is 1.40. The highest BCUT2D eigenvalue weighted by Gasteiger charge is 2.31. The van der Waals surface area contributed by atoms with E-state index in [2.05, 4.69) is 0 Å². The number of nitro benzene ring substituents is 1. The number of rotatable bonds is 5. The number of nitrogen functional groups attached to an aromatic ring is 1. The lowest BCUT2D eigenvalue weighted by Gasteiger charge is -2.22. The number of hydrogen-bond acceptors (Lipinski definition) is 6. The Balaban J connectivity index is 3.41. The van der Waals surface area contributed by atoms with Crippen LogP contribution < -0.4 is 5.73 Å². The van der Waals surface area contributed by atoms with Gasteiger partial charge in [0, 0.05) is 24.8 Å². The van der Waals surface area contributed by atoms with E-state index in [1.165, 1.54) is 20.0 Å². The summed E-state index contributed by atoms with van der Waals surface area (Å²) in [6.07, 6.45) is 0. The van der Waals surface area contributed by atoms with Crippen LogP contribution in [0.2, 0.25) is 0 Å². The highest BCUT2D eigenvalue weighted by Crippen LogP contribution is 2.28. The van der Waals surface area contributed by atoms with Gasteiger partial charge < -0.3 is 10.8 Å². The maximum Gasteiger partial charge on any atom is 0.291 e. The number of likely N-dealkylation sites (N-methyl/N-ethyl adjacent to an activating group) is 1. The van der Waals surface area contributed by atoms with Gasteiger partial charge in [0.05, 0.1) is 11.5 Å². The summed E-state index contributed by atoms with van der Waals surface area (Å²) in [4.78, 5) is 9.65. The first-order valence-corrected chi connectivity index (χ1v) is 6.78. The fraction of sp³-hybridized carbons (Fsp3) is 0.400. The summed E-state index contributed by atoms with van der Waals surface area (Å²) in [7, 11) is -2.82. The number of anilines is 1.